The Morgan fingerprint density at radius 1 is 1.30 bits per heavy atom. The summed E-state index contributed by atoms with van der Waals surface area (Å²) in [7, 11) is 1.57. The predicted molar refractivity (Wildman–Crippen MR) is 94.1 cm³/mol. The van der Waals surface area contributed by atoms with E-state index in [-0.39, 0.29) is 12.2 Å². The Balaban J connectivity index is 1.94. The highest BCUT2D eigenvalue weighted by atomic mass is 35.5. The second kappa shape index (κ2) is 7.74. The minimum atomic E-state index is -4.74. The molecule has 3 rings (SSSR count). The summed E-state index contributed by atoms with van der Waals surface area (Å²) >= 11 is 5.79. The number of ether oxygens (including phenoxy) is 1. The lowest BCUT2D eigenvalue weighted by Gasteiger charge is -2.26. The molecule has 0 aliphatic carbocycles. The van der Waals surface area contributed by atoms with E-state index in [2.05, 4.69) is 5.10 Å². The Bertz CT molecular complexity index is 860. The summed E-state index contributed by atoms with van der Waals surface area (Å²) in [6, 6.07) is 5.76. The van der Waals surface area contributed by atoms with Crippen molar-refractivity contribution in [3.8, 4) is 5.69 Å². The normalized spacial score (nSPS) is 15.0. The molecule has 1 aliphatic heterocycles. The number of alkyl halides is 3. The van der Waals surface area contributed by atoms with Crippen LogP contribution in [-0.4, -0.2) is 47.4 Å². The molecule has 1 aromatic heterocycles. The quantitative estimate of drug-likeness (QED) is 0.731. The monoisotopic (exact) mass is 399 g/mol. The summed E-state index contributed by atoms with van der Waals surface area (Å²) in [4.78, 5) is 14.1. The van der Waals surface area contributed by atoms with Crippen LogP contribution in [0.1, 0.15) is 22.5 Å². The second-order valence-electron chi connectivity index (χ2n) is 6.09. The molecule has 2 aromatic rings. The topological polar surface area (TPSA) is 47.4 Å². The summed E-state index contributed by atoms with van der Waals surface area (Å²) in [5, 5.41) is 4.20. The maximum Gasteiger partial charge on any atom is 0.434 e. The lowest BCUT2D eigenvalue weighted by atomic mass is 10.1. The fourth-order valence-corrected chi connectivity index (χ4v) is 3.06. The summed E-state index contributed by atoms with van der Waals surface area (Å²) < 4.78 is 46.9. The first-order valence-corrected chi connectivity index (χ1v) is 8.56. The van der Waals surface area contributed by atoms with Gasteiger partial charge in [-0.2, -0.15) is 18.3 Å². The number of methoxy groups -OCH3 is 1. The van der Waals surface area contributed by atoms with Crippen LogP contribution >= 0.6 is 11.6 Å². The lowest BCUT2D eigenvalue weighted by Crippen LogP contribution is -2.36. The van der Waals surface area contributed by atoms with Crippen molar-refractivity contribution in [3.63, 3.8) is 0 Å². The molecule has 0 saturated heterocycles. The standard InChI is InChI=1S/C18H17ClF3N3O2/c1-27-11-12-6-8-24(9-7-12)17(26)15-10-23-25(16(15)18(20,21)22)14-4-2-13(19)3-5-14/h2-6,10H,7-9,11H2,1H3. The zero-order valence-electron chi connectivity index (χ0n) is 14.5. The number of carbonyl (C=O) groups excluding carboxylic acids is 1. The minimum Gasteiger partial charge on any atom is -0.380 e. The van der Waals surface area contributed by atoms with Gasteiger partial charge in [0.05, 0.1) is 24.1 Å². The lowest BCUT2D eigenvalue weighted by molar-refractivity contribution is -0.143. The Labute approximate surface area is 159 Å². The van der Waals surface area contributed by atoms with Crippen molar-refractivity contribution in [2.24, 2.45) is 0 Å². The van der Waals surface area contributed by atoms with Gasteiger partial charge < -0.3 is 9.64 Å². The van der Waals surface area contributed by atoms with Gasteiger partial charge >= 0.3 is 6.18 Å². The van der Waals surface area contributed by atoms with Crippen molar-refractivity contribution < 1.29 is 22.7 Å². The van der Waals surface area contributed by atoms with Gasteiger partial charge in [-0.25, -0.2) is 4.68 Å². The molecule has 1 amide bonds. The number of hydrogen-bond donors (Lipinski definition) is 0. The molecule has 0 unspecified atom stereocenters. The third-order valence-corrected chi connectivity index (χ3v) is 4.51. The third-order valence-electron chi connectivity index (χ3n) is 4.26. The van der Waals surface area contributed by atoms with Gasteiger partial charge in [-0.05, 0) is 36.3 Å². The zero-order valence-corrected chi connectivity index (χ0v) is 15.2. The van der Waals surface area contributed by atoms with Crippen molar-refractivity contribution in [2.75, 3.05) is 26.8 Å². The van der Waals surface area contributed by atoms with E-state index in [1.54, 1.807) is 7.11 Å². The highest BCUT2D eigenvalue weighted by molar-refractivity contribution is 6.30. The van der Waals surface area contributed by atoms with Gasteiger partial charge in [-0.3, -0.25) is 4.79 Å². The fraction of sp³-hybridized carbons (Fsp3) is 0.333. The van der Waals surface area contributed by atoms with Crippen LogP contribution in [0.4, 0.5) is 13.2 Å². The van der Waals surface area contributed by atoms with Gasteiger partial charge in [0.15, 0.2) is 5.69 Å². The molecule has 0 saturated carbocycles. The molecule has 1 aromatic carbocycles. The molecule has 0 spiro atoms. The Hall–Kier alpha value is -2.32. The minimum absolute atomic E-state index is 0.173. The van der Waals surface area contributed by atoms with E-state index in [4.69, 9.17) is 16.3 Å². The summed E-state index contributed by atoms with van der Waals surface area (Å²) in [5.41, 5.74) is -0.372. The average molecular weight is 400 g/mol. The maximum absolute atomic E-state index is 13.7. The van der Waals surface area contributed by atoms with Crippen LogP contribution in [0.3, 0.4) is 0 Å². The van der Waals surface area contributed by atoms with Gasteiger partial charge in [-0.15, -0.1) is 0 Å². The van der Waals surface area contributed by atoms with Gasteiger partial charge in [0, 0.05) is 25.2 Å². The highest BCUT2D eigenvalue weighted by Crippen LogP contribution is 2.34. The van der Waals surface area contributed by atoms with Crippen LogP contribution < -0.4 is 0 Å². The van der Waals surface area contributed by atoms with Crippen LogP contribution in [0, 0.1) is 0 Å². The molecule has 144 valence electrons. The number of aromatic nitrogens is 2. The number of carbonyl (C=O) groups is 1. The van der Waals surface area contributed by atoms with Crippen LogP contribution in [0.2, 0.25) is 5.02 Å². The number of amides is 1. The molecule has 0 N–H and O–H groups in total. The van der Waals surface area contributed by atoms with Crippen molar-refractivity contribution in [1.82, 2.24) is 14.7 Å². The largest absolute Gasteiger partial charge is 0.434 e. The molecule has 0 bridgehead atoms. The Morgan fingerprint density at radius 3 is 2.56 bits per heavy atom. The molecular formula is C18H17ClF3N3O2. The first-order chi connectivity index (χ1) is 12.8. The first-order valence-electron chi connectivity index (χ1n) is 8.18. The Kier molecular flexibility index (Phi) is 5.57. The van der Waals surface area contributed by atoms with Gasteiger partial charge in [0.2, 0.25) is 0 Å². The molecule has 5 nitrogen and oxygen atoms in total. The van der Waals surface area contributed by atoms with E-state index in [1.807, 2.05) is 6.08 Å². The fourth-order valence-electron chi connectivity index (χ4n) is 2.94. The molecule has 9 heteroatoms. The van der Waals surface area contributed by atoms with E-state index in [9.17, 15) is 18.0 Å². The molecule has 2 heterocycles. The number of nitrogens with zero attached hydrogens (tertiary/aromatic N) is 3. The smallest absolute Gasteiger partial charge is 0.380 e. The first kappa shape index (κ1) is 19.4. The molecule has 0 radical (unpaired) electrons. The van der Waals surface area contributed by atoms with E-state index in [0.29, 0.717) is 24.6 Å². The van der Waals surface area contributed by atoms with Crippen molar-refractivity contribution in [3.05, 3.63) is 58.4 Å². The van der Waals surface area contributed by atoms with E-state index in [0.717, 1.165) is 16.5 Å². The van der Waals surface area contributed by atoms with E-state index < -0.39 is 23.3 Å². The molecular weight excluding hydrogens is 383 g/mol. The van der Waals surface area contributed by atoms with Crippen LogP contribution in [-0.2, 0) is 10.9 Å². The number of rotatable bonds is 4. The zero-order chi connectivity index (χ0) is 19.6. The van der Waals surface area contributed by atoms with Gasteiger partial charge in [-0.1, -0.05) is 17.7 Å². The summed E-state index contributed by atoms with van der Waals surface area (Å²) in [6.45, 7) is 1.02. The highest BCUT2D eigenvalue weighted by Gasteiger charge is 2.41. The molecule has 1 aliphatic rings. The SMILES string of the molecule is COCC1=CCN(C(=O)c2cnn(-c3ccc(Cl)cc3)c2C(F)(F)F)CC1. The molecule has 0 atom stereocenters. The average Bonchev–Trinajstić information content (AvgIpc) is 3.08. The second-order valence-corrected chi connectivity index (χ2v) is 6.53. The van der Waals surface area contributed by atoms with Crippen LogP contribution in [0.25, 0.3) is 5.69 Å². The van der Waals surface area contributed by atoms with Crippen molar-refractivity contribution >= 4 is 17.5 Å². The number of hydrogen-bond acceptors (Lipinski definition) is 3. The van der Waals surface area contributed by atoms with Gasteiger partial charge in [0.1, 0.15) is 0 Å². The summed E-state index contributed by atoms with van der Waals surface area (Å²) in [5.74, 6) is -0.699. The Morgan fingerprint density at radius 2 is 2.00 bits per heavy atom. The van der Waals surface area contributed by atoms with Crippen molar-refractivity contribution in [1.29, 1.82) is 0 Å². The predicted octanol–water partition coefficient (Wildman–Crippen LogP) is 3.96. The molecule has 27 heavy (non-hydrogen) atoms. The summed E-state index contributed by atoms with van der Waals surface area (Å²) in [6.07, 6.45) is -1.41. The van der Waals surface area contributed by atoms with Crippen molar-refractivity contribution in [2.45, 2.75) is 12.6 Å². The van der Waals surface area contributed by atoms with E-state index >= 15 is 0 Å². The van der Waals surface area contributed by atoms with Crippen LogP contribution in [0.15, 0.2) is 42.1 Å². The maximum atomic E-state index is 13.7. The number of halogens is 4. The van der Waals surface area contributed by atoms with Gasteiger partial charge in [0.25, 0.3) is 5.91 Å². The number of benzene rings is 1. The molecule has 0 fully saturated rings. The third kappa shape index (κ3) is 4.17. The van der Waals surface area contributed by atoms with Crippen LogP contribution in [0.5, 0.6) is 0 Å². The van der Waals surface area contributed by atoms with E-state index in [1.165, 1.54) is 29.2 Å².